The zero-order valence-corrected chi connectivity index (χ0v) is 14.4. The highest BCUT2D eigenvalue weighted by Gasteiger charge is 2.05. The number of rotatable bonds is 7. The number of hydrogen-bond donors (Lipinski definition) is 1. The summed E-state index contributed by atoms with van der Waals surface area (Å²) in [5.74, 6) is 0.579. The molecule has 0 amide bonds. The average molecular weight is 387 g/mol. The van der Waals surface area contributed by atoms with Crippen LogP contribution in [0.3, 0.4) is 0 Å². The number of halogens is 3. The maximum absolute atomic E-state index is 12.9. The molecule has 118 valence electrons. The van der Waals surface area contributed by atoms with Gasteiger partial charge in [0, 0.05) is 23.1 Å². The molecular formula is C17H18BrClFNO. The molecule has 0 aliphatic rings. The molecule has 2 aromatic rings. The molecule has 5 heteroatoms. The van der Waals surface area contributed by atoms with Gasteiger partial charge in [0.05, 0.1) is 0 Å². The van der Waals surface area contributed by atoms with E-state index >= 15 is 0 Å². The van der Waals surface area contributed by atoms with Crippen molar-refractivity contribution in [2.24, 2.45) is 0 Å². The van der Waals surface area contributed by atoms with Gasteiger partial charge < -0.3 is 10.1 Å². The molecular weight excluding hydrogens is 369 g/mol. The van der Waals surface area contributed by atoms with E-state index in [4.69, 9.17) is 4.74 Å². The van der Waals surface area contributed by atoms with Gasteiger partial charge in [0.2, 0.25) is 0 Å². The van der Waals surface area contributed by atoms with Crippen molar-refractivity contribution in [2.45, 2.75) is 13.2 Å². The highest BCUT2D eigenvalue weighted by molar-refractivity contribution is 9.10. The molecule has 2 rings (SSSR count). The van der Waals surface area contributed by atoms with Crippen LogP contribution in [0.2, 0.25) is 0 Å². The van der Waals surface area contributed by atoms with Crippen LogP contribution >= 0.6 is 28.3 Å². The Labute approximate surface area is 144 Å². The molecule has 0 bridgehead atoms. The van der Waals surface area contributed by atoms with E-state index in [9.17, 15) is 4.39 Å². The lowest BCUT2D eigenvalue weighted by atomic mass is 10.2. The molecule has 0 fully saturated rings. The summed E-state index contributed by atoms with van der Waals surface area (Å²) in [6, 6.07) is 12.2. The number of benzene rings is 2. The van der Waals surface area contributed by atoms with Crippen molar-refractivity contribution in [1.29, 1.82) is 0 Å². The molecule has 0 spiro atoms. The Bertz CT molecular complexity index is 604. The van der Waals surface area contributed by atoms with E-state index in [-0.39, 0.29) is 18.2 Å². The predicted molar refractivity (Wildman–Crippen MR) is 94.0 cm³/mol. The van der Waals surface area contributed by atoms with E-state index in [1.165, 1.54) is 12.1 Å². The number of nitrogens with one attached hydrogen (secondary N) is 1. The molecule has 22 heavy (non-hydrogen) atoms. The largest absolute Gasteiger partial charge is 0.489 e. The summed E-state index contributed by atoms with van der Waals surface area (Å²) in [5, 5.41) is 3.26. The zero-order chi connectivity index (χ0) is 15.1. The molecule has 1 N–H and O–H groups in total. The van der Waals surface area contributed by atoms with E-state index in [0.29, 0.717) is 13.2 Å². The lowest BCUT2D eigenvalue weighted by Crippen LogP contribution is -2.13. The normalized spacial score (nSPS) is 9.91. The van der Waals surface area contributed by atoms with E-state index in [0.717, 1.165) is 27.9 Å². The van der Waals surface area contributed by atoms with Crippen molar-refractivity contribution in [3.8, 4) is 5.75 Å². The molecule has 0 saturated heterocycles. The van der Waals surface area contributed by atoms with Gasteiger partial charge in [-0.2, -0.15) is 0 Å². The van der Waals surface area contributed by atoms with Gasteiger partial charge in [-0.05, 0) is 35.9 Å². The SMILES string of the molecule is C=CCNCc1cc(Br)ccc1OCc1ccc(F)cc1.Cl. The molecule has 0 aliphatic heterocycles. The Morgan fingerprint density at radius 3 is 2.59 bits per heavy atom. The van der Waals surface area contributed by atoms with Crippen LogP contribution in [0, 0.1) is 5.82 Å². The van der Waals surface area contributed by atoms with Gasteiger partial charge in [0.1, 0.15) is 18.2 Å². The Balaban J connectivity index is 0.00000242. The van der Waals surface area contributed by atoms with Crippen LogP contribution in [0.4, 0.5) is 4.39 Å². The molecule has 0 aliphatic carbocycles. The minimum absolute atomic E-state index is 0. The van der Waals surface area contributed by atoms with E-state index in [2.05, 4.69) is 27.8 Å². The van der Waals surface area contributed by atoms with Crippen molar-refractivity contribution in [1.82, 2.24) is 5.32 Å². The number of hydrogen-bond acceptors (Lipinski definition) is 2. The van der Waals surface area contributed by atoms with Gasteiger partial charge in [0.15, 0.2) is 0 Å². The monoisotopic (exact) mass is 385 g/mol. The van der Waals surface area contributed by atoms with Crippen LogP contribution in [0.5, 0.6) is 5.75 Å². The molecule has 0 unspecified atom stereocenters. The third kappa shape index (κ3) is 5.79. The molecule has 0 saturated carbocycles. The lowest BCUT2D eigenvalue weighted by Gasteiger charge is -2.12. The van der Waals surface area contributed by atoms with Gasteiger partial charge in [-0.15, -0.1) is 19.0 Å². The van der Waals surface area contributed by atoms with E-state index < -0.39 is 0 Å². The average Bonchev–Trinajstić information content (AvgIpc) is 2.48. The quantitative estimate of drug-likeness (QED) is 0.542. The van der Waals surface area contributed by atoms with Crippen LogP contribution in [0.1, 0.15) is 11.1 Å². The second kappa shape index (κ2) is 9.62. The van der Waals surface area contributed by atoms with Crippen molar-refractivity contribution in [3.05, 3.63) is 76.5 Å². The second-order valence-electron chi connectivity index (χ2n) is 4.59. The van der Waals surface area contributed by atoms with Crippen molar-refractivity contribution < 1.29 is 9.13 Å². The van der Waals surface area contributed by atoms with Crippen LogP contribution in [-0.4, -0.2) is 6.54 Å². The predicted octanol–water partition coefficient (Wildman–Crippen LogP) is 4.86. The van der Waals surface area contributed by atoms with Crippen molar-refractivity contribution in [3.63, 3.8) is 0 Å². The maximum Gasteiger partial charge on any atom is 0.124 e. The first-order chi connectivity index (χ1) is 10.2. The van der Waals surface area contributed by atoms with Crippen LogP contribution in [-0.2, 0) is 13.2 Å². The first-order valence-corrected chi connectivity index (χ1v) is 7.45. The summed E-state index contributed by atoms with van der Waals surface area (Å²) in [4.78, 5) is 0. The second-order valence-corrected chi connectivity index (χ2v) is 5.50. The summed E-state index contributed by atoms with van der Waals surface area (Å²) in [7, 11) is 0. The lowest BCUT2D eigenvalue weighted by molar-refractivity contribution is 0.302. The van der Waals surface area contributed by atoms with Gasteiger partial charge in [-0.3, -0.25) is 0 Å². The summed E-state index contributed by atoms with van der Waals surface area (Å²) in [6.45, 7) is 5.53. The topological polar surface area (TPSA) is 21.3 Å². The smallest absolute Gasteiger partial charge is 0.124 e. The molecule has 0 atom stereocenters. The van der Waals surface area contributed by atoms with E-state index in [1.54, 1.807) is 12.1 Å². The molecule has 0 heterocycles. The molecule has 0 aromatic heterocycles. The fraction of sp³-hybridized carbons (Fsp3) is 0.176. The highest BCUT2D eigenvalue weighted by Crippen LogP contribution is 2.24. The zero-order valence-electron chi connectivity index (χ0n) is 12.0. The standard InChI is InChI=1S/C17H17BrFNO.ClH/c1-2-9-20-11-14-10-15(18)5-8-17(14)21-12-13-3-6-16(19)7-4-13;/h2-8,10,20H,1,9,11-12H2;1H. The molecule has 2 nitrogen and oxygen atoms in total. The summed E-state index contributed by atoms with van der Waals surface area (Å²) >= 11 is 3.46. The fourth-order valence-corrected chi connectivity index (χ4v) is 2.29. The van der Waals surface area contributed by atoms with Crippen molar-refractivity contribution >= 4 is 28.3 Å². The number of ether oxygens (including phenoxy) is 1. The van der Waals surface area contributed by atoms with Gasteiger partial charge in [-0.1, -0.05) is 34.1 Å². The van der Waals surface area contributed by atoms with Gasteiger partial charge >= 0.3 is 0 Å². The third-order valence-electron chi connectivity index (χ3n) is 2.93. The first kappa shape index (κ1) is 18.7. The Hall–Kier alpha value is -1.36. The maximum atomic E-state index is 12.9. The first-order valence-electron chi connectivity index (χ1n) is 6.66. The van der Waals surface area contributed by atoms with Crippen LogP contribution < -0.4 is 10.1 Å². The summed E-state index contributed by atoms with van der Waals surface area (Å²) in [5.41, 5.74) is 2.00. The van der Waals surface area contributed by atoms with Gasteiger partial charge in [0.25, 0.3) is 0 Å². The minimum atomic E-state index is -0.239. The molecule has 2 aromatic carbocycles. The van der Waals surface area contributed by atoms with Crippen LogP contribution in [0.25, 0.3) is 0 Å². The minimum Gasteiger partial charge on any atom is -0.489 e. The summed E-state index contributed by atoms with van der Waals surface area (Å²) in [6.07, 6.45) is 1.82. The highest BCUT2D eigenvalue weighted by atomic mass is 79.9. The Kier molecular flexibility index (Phi) is 8.17. The third-order valence-corrected chi connectivity index (χ3v) is 3.43. The van der Waals surface area contributed by atoms with E-state index in [1.807, 2.05) is 24.3 Å². The van der Waals surface area contributed by atoms with Gasteiger partial charge in [-0.25, -0.2) is 4.39 Å². The van der Waals surface area contributed by atoms with Crippen LogP contribution in [0.15, 0.2) is 59.6 Å². The van der Waals surface area contributed by atoms with Crippen molar-refractivity contribution in [2.75, 3.05) is 6.54 Å². The Morgan fingerprint density at radius 1 is 1.18 bits per heavy atom. The summed E-state index contributed by atoms with van der Waals surface area (Å²) < 4.78 is 19.7. The fourth-order valence-electron chi connectivity index (χ4n) is 1.88. The Morgan fingerprint density at radius 2 is 1.91 bits per heavy atom. The molecule has 0 radical (unpaired) electrons.